The maximum absolute atomic E-state index is 12.5. The highest BCUT2D eigenvalue weighted by Gasteiger charge is 2.22. The summed E-state index contributed by atoms with van der Waals surface area (Å²) in [6.45, 7) is 5.33. The maximum Gasteiger partial charge on any atom is 0.335 e. The van der Waals surface area contributed by atoms with Crippen molar-refractivity contribution in [2.24, 2.45) is 0 Å². The van der Waals surface area contributed by atoms with Gasteiger partial charge in [0.25, 0.3) is 10.0 Å². The lowest BCUT2D eigenvalue weighted by molar-refractivity contribution is 0.256. The summed E-state index contributed by atoms with van der Waals surface area (Å²) < 4.78 is 26.9. The van der Waals surface area contributed by atoms with E-state index in [4.69, 9.17) is 11.6 Å². The van der Waals surface area contributed by atoms with Crippen LogP contribution in [0.3, 0.4) is 0 Å². The lowest BCUT2D eigenvalue weighted by Crippen LogP contribution is -2.35. The zero-order valence-electron chi connectivity index (χ0n) is 14.6. The van der Waals surface area contributed by atoms with Gasteiger partial charge < -0.3 is 0 Å². The molecule has 144 valence electrons. The van der Waals surface area contributed by atoms with Gasteiger partial charge in [0.1, 0.15) is 4.90 Å². The van der Waals surface area contributed by atoms with Gasteiger partial charge in [-0.05, 0) is 42.1 Å². The molecule has 7 nitrogen and oxygen atoms in total. The van der Waals surface area contributed by atoms with Crippen molar-refractivity contribution in [3.8, 4) is 10.6 Å². The Hall–Kier alpha value is -2.75. The van der Waals surface area contributed by atoms with E-state index in [0.717, 1.165) is 4.88 Å². The predicted octanol–water partition coefficient (Wildman–Crippen LogP) is 4.32. The molecule has 2 aromatic heterocycles. The molecule has 28 heavy (non-hydrogen) atoms. The van der Waals surface area contributed by atoms with Crippen molar-refractivity contribution in [2.75, 3.05) is 5.32 Å². The molecule has 0 fully saturated rings. The first-order valence-corrected chi connectivity index (χ1v) is 10.7. The van der Waals surface area contributed by atoms with Crippen molar-refractivity contribution in [1.82, 2.24) is 14.7 Å². The molecule has 0 bridgehead atoms. The highest BCUT2D eigenvalue weighted by molar-refractivity contribution is 7.90. The van der Waals surface area contributed by atoms with Gasteiger partial charge in [-0.15, -0.1) is 11.3 Å². The number of nitrogens with one attached hydrogen (secondary N) is 2. The Morgan fingerprint density at radius 1 is 1.25 bits per heavy atom. The van der Waals surface area contributed by atoms with E-state index in [1.54, 1.807) is 19.1 Å². The molecule has 3 rings (SSSR count). The van der Waals surface area contributed by atoms with Crippen LogP contribution in [0.2, 0.25) is 5.02 Å². The van der Waals surface area contributed by atoms with Crippen molar-refractivity contribution in [1.29, 1.82) is 0 Å². The van der Waals surface area contributed by atoms with Gasteiger partial charge in [-0.25, -0.2) is 27.9 Å². The number of carbonyl (C=O) groups excluding carboxylic acids is 1. The normalized spacial score (nSPS) is 11.1. The molecule has 3 aromatic rings. The highest BCUT2D eigenvalue weighted by atomic mass is 35.5. The lowest BCUT2D eigenvalue weighted by atomic mass is 10.2. The van der Waals surface area contributed by atoms with Gasteiger partial charge in [0.15, 0.2) is 0 Å². The minimum atomic E-state index is -4.20. The molecule has 0 saturated carbocycles. The number of thiophene rings is 1. The average Bonchev–Trinajstić information content (AvgIpc) is 3.15. The number of sulfonamides is 1. The summed E-state index contributed by atoms with van der Waals surface area (Å²) in [6.07, 6.45) is 1.47. The largest absolute Gasteiger partial charge is 0.335 e. The van der Waals surface area contributed by atoms with Crippen LogP contribution in [-0.4, -0.2) is 24.4 Å². The van der Waals surface area contributed by atoms with Crippen LogP contribution in [0.15, 0.2) is 53.3 Å². The molecule has 2 amide bonds. The Balaban J connectivity index is 1.82. The van der Waals surface area contributed by atoms with Crippen LogP contribution in [-0.2, 0) is 10.0 Å². The number of amides is 2. The molecule has 0 atom stereocenters. The first-order chi connectivity index (χ1) is 13.3. The Morgan fingerprint density at radius 2 is 2.04 bits per heavy atom. The number of carbonyl (C=O) groups is 1. The second kappa shape index (κ2) is 8.09. The Morgan fingerprint density at radius 3 is 2.71 bits per heavy atom. The Labute approximate surface area is 171 Å². The highest BCUT2D eigenvalue weighted by Crippen LogP contribution is 2.25. The van der Waals surface area contributed by atoms with Gasteiger partial charge in [0, 0.05) is 5.69 Å². The molecule has 0 unspecified atom stereocenters. The predicted molar refractivity (Wildman–Crippen MR) is 111 cm³/mol. The van der Waals surface area contributed by atoms with E-state index in [-0.39, 0.29) is 15.9 Å². The summed E-state index contributed by atoms with van der Waals surface area (Å²) in [5.74, 6) is -0.0120. The van der Waals surface area contributed by atoms with E-state index in [2.05, 4.69) is 21.9 Å². The molecule has 2 heterocycles. The van der Waals surface area contributed by atoms with E-state index in [0.29, 0.717) is 17.0 Å². The summed E-state index contributed by atoms with van der Waals surface area (Å²) >= 11 is 7.46. The van der Waals surface area contributed by atoms with E-state index < -0.39 is 16.1 Å². The van der Waals surface area contributed by atoms with Crippen molar-refractivity contribution < 1.29 is 13.2 Å². The van der Waals surface area contributed by atoms with Crippen molar-refractivity contribution in [3.63, 3.8) is 0 Å². The van der Waals surface area contributed by atoms with Gasteiger partial charge >= 0.3 is 6.03 Å². The van der Waals surface area contributed by atoms with E-state index in [1.807, 2.05) is 22.2 Å². The number of aromatic nitrogens is 2. The number of anilines is 1. The van der Waals surface area contributed by atoms with Crippen LogP contribution in [0.5, 0.6) is 0 Å². The molecule has 0 saturated heterocycles. The molecule has 2 N–H and O–H groups in total. The van der Waals surface area contributed by atoms with Crippen LogP contribution < -0.4 is 10.0 Å². The Bertz CT molecular complexity index is 1150. The van der Waals surface area contributed by atoms with E-state index in [1.165, 1.54) is 29.5 Å². The van der Waals surface area contributed by atoms with Gasteiger partial charge in [-0.2, -0.15) is 0 Å². The van der Waals surface area contributed by atoms with E-state index in [9.17, 15) is 13.2 Å². The monoisotopic (exact) mass is 434 g/mol. The molecule has 0 radical (unpaired) electrons. The number of halogens is 1. The number of benzene rings is 1. The quantitative estimate of drug-likeness (QED) is 0.622. The summed E-state index contributed by atoms with van der Waals surface area (Å²) in [4.78, 5) is 21.3. The molecule has 1 aromatic carbocycles. The molecule has 0 aliphatic rings. The molecule has 0 spiro atoms. The fourth-order valence-corrected chi connectivity index (χ4v) is 4.46. The zero-order valence-corrected chi connectivity index (χ0v) is 17.0. The van der Waals surface area contributed by atoms with Crippen LogP contribution in [0.4, 0.5) is 10.7 Å². The molecule has 0 aliphatic heterocycles. The zero-order chi connectivity index (χ0) is 20.3. The van der Waals surface area contributed by atoms with Crippen LogP contribution in [0.1, 0.15) is 11.3 Å². The van der Waals surface area contributed by atoms with Crippen LogP contribution in [0, 0.1) is 6.92 Å². The first-order valence-electron chi connectivity index (χ1n) is 7.94. The lowest BCUT2D eigenvalue weighted by Gasteiger charge is -2.10. The molecule has 0 aliphatic carbocycles. The van der Waals surface area contributed by atoms with Crippen molar-refractivity contribution >= 4 is 51.0 Å². The minimum absolute atomic E-state index is 0.0120. The number of hydrogen-bond acceptors (Lipinski definition) is 6. The second-order valence-electron chi connectivity index (χ2n) is 5.65. The van der Waals surface area contributed by atoms with Crippen LogP contribution in [0.25, 0.3) is 16.6 Å². The molecular formula is C18H15ClN4O3S2. The first kappa shape index (κ1) is 20.0. The fourth-order valence-electron chi connectivity index (χ4n) is 2.33. The smallest absolute Gasteiger partial charge is 0.275 e. The third-order valence-corrected chi connectivity index (χ3v) is 6.27. The van der Waals surface area contributed by atoms with Crippen LogP contribution >= 0.6 is 22.9 Å². The van der Waals surface area contributed by atoms with Gasteiger partial charge in [0.05, 0.1) is 15.6 Å². The fraction of sp³-hybridized carbons (Fsp3) is 0.0556. The standard InChI is InChI=1S/C18H15ClN4O3S2/c1-3-12-6-7-13(19)16(10-12)28(25,26)23-18(24)22-17-20-11(2)9-14(21-17)15-5-4-8-27-15/h3-10H,1H2,2H3,(H2,20,21,22,23,24). The summed E-state index contributed by atoms with van der Waals surface area (Å²) in [7, 11) is -4.20. The van der Waals surface area contributed by atoms with Gasteiger partial charge in [-0.1, -0.05) is 36.4 Å². The van der Waals surface area contributed by atoms with Gasteiger partial charge in [-0.3, -0.25) is 5.32 Å². The van der Waals surface area contributed by atoms with Gasteiger partial charge in [0.2, 0.25) is 5.95 Å². The molecular weight excluding hydrogens is 420 g/mol. The second-order valence-corrected chi connectivity index (χ2v) is 8.65. The molecule has 10 heteroatoms. The average molecular weight is 435 g/mol. The summed E-state index contributed by atoms with van der Waals surface area (Å²) in [5.41, 5.74) is 1.80. The Kier molecular flexibility index (Phi) is 5.78. The SMILES string of the molecule is C=Cc1ccc(Cl)c(S(=O)(=O)NC(=O)Nc2nc(C)cc(-c3cccs3)n2)c1. The number of rotatable bonds is 5. The minimum Gasteiger partial charge on any atom is -0.275 e. The maximum atomic E-state index is 12.5. The van der Waals surface area contributed by atoms with E-state index >= 15 is 0 Å². The van der Waals surface area contributed by atoms with Crippen molar-refractivity contribution in [2.45, 2.75) is 11.8 Å². The number of aryl methyl sites for hydroxylation is 1. The third-order valence-electron chi connectivity index (χ3n) is 3.56. The topological polar surface area (TPSA) is 101 Å². The summed E-state index contributed by atoms with van der Waals surface area (Å²) in [5, 5.41) is 4.24. The third kappa shape index (κ3) is 4.56. The number of hydrogen-bond donors (Lipinski definition) is 2. The number of urea groups is 1. The summed E-state index contributed by atoms with van der Waals surface area (Å²) in [6, 6.07) is 8.89. The number of nitrogens with zero attached hydrogens (tertiary/aromatic N) is 2. The van der Waals surface area contributed by atoms with Crippen molar-refractivity contribution in [3.05, 3.63) is 64.6 Å².